The Kier molecular flexibility index (Phi) is 5.81. The fraction of sp³-hybridized carbons (Fsp3) is 0.294. The average Bonchev–Trinajstić information content (AvgIpc) is 3.19. The molecule has 0 aliphatic heterocycles. The molecule has 2 aromatic heterocycles. The molecule has 1 N–H and O–H groups in total. The van der Waals surface area contributed by atoms with E-state index < -0.39 is 0 Å². The number of amides is 1. The number of carbonyl (C=O) groups excluding carboxylic acids is 1. The minimum Gasteiger partial charge on any atom is -0.350 e. The summed E-state index contributed by atoms with van der Waals surface area (Å²) in [6.07, 6.45) is 1.01. The van der Waals surface area contributed by atoms with Crippen molar-refractivity contribution in [3.8, 4) is 0 Å². The minimum absolute atomic E-state index is 0.0153. The van der Waals surface area contributed by atoms with Gasteiger partial charge in [-0.05, 0) is 36.1 Å². The van der Waals surface area contributed by atoms with Gasteiger partial charge >= 0.3 is 0 Å². The van der Waals surface area contributed by atoms with Crippen molar-refractivity contribution in [2.24, 2.45) is 0 Å². The number of fused-ring (bicyclic) bond motifs is 1. The van der Waals surface area contributed by atoms with Gasteiger partial charge in [0.25, 0.3) is 0 Å². The maximum atomic E-state index is 12.1. The molecule has 0 spiro atoms. The van der Waals surface area contributed by atoms with Gasteiger partial charge in [-0.3, -0.25) is 4.79 Å². The highest BCUT2D eigenvalue weighted by atomic mass is 35.5. The van der Waals surface area contributed by atoms with Crippen LogP contribution in [0.5, 0.6) is 0 Å². The number of carbonyl (C=O) groups is 1. The van der Waals surface area contributed by atoms with Gasteiger partial charge in [-0.2, -0.15) is 0 Å². The first kappa shape index (κ1) is 17.3. The van der Waals surface area contributed by atoms with Crippen molar-refractivity contribution in [1.29, 1.82) is 0 Å². The number of hydrogen-bond donors (Lipinski definition) is 1. The topological polar surface area (TPSA) is 46.9 Å². The molecule has 2 heterocycles. The number of halogens is 1. The Morgan fingerprint density at radius 3 is 3.04 bits per heavy atom. The predicted octanol–water partition coefficient (Wildman–Crippen LogP) is 4.57. The lowest BCUT2D eigenvalue weighted by molar-refractivity contribution is -0.118. The quantitative estimate of drug-likeness (QED) is 0.611. The first-order valence-electron chi connectivity index (χ1n) is 7.75. The molecule has 0 saturated carbocycles. The standard InChI is InChI=1S/C17H18ClN3OS2/c1-2-7-21-15-6-5-12(18)9-14(15)20-17(21)24-11-16(22)19-10-13-4-3-8-23-13/h3-6,8-9H,2,7,10-11H2,1H3,(H,19,22). The molecule has 0 saturated heterocycles. The maximum absolute atomic E-state index is 12.1. The van der Waals surface area contributed by atoms with Gasteiger partial charge in [0.2, 0.25) is 5.91 Å². The summed E-state index contributed by atoms with van der Waals surface area (Å²) in [5, 5.41) is 6.49. The van der Waals surface area contributed by atoms with Crippen LogP contribution in [0.15, 0.2) is 40.9 Å². The molecule has 1 aromatic carbocycles. The molecule has 3 rings (SSSR count). The van der Waals surface area contributed by atoms with Gasteiger partial charge in [0, 0.05) is 16.4 Å². The van der Waals surface area contributed by atoms with E-state index in [4.69, 9.17) is 11.6 Å². The van der Waals surface area contributed by atoms with Crippen molar-refractivity contribution >= 4 is 51.6 Å². The van der Waals surface area contributed by atoms with E-state index in [1.54, 1.807) is 11.3 Å². The van der Waals surface area contributed by atoms with E-state index in [0.717, 1.165) is 34.0 Å². The molecule has 0 radical (unpaired) electrons. The van der Waals surface area contributed by atoms with Crippen LogP contribution in [0.3, 0.4) is 0 Å². The van der Waals surface area contributed by atoms with Gasteiger partial charge in [-0.15, -0.1) is 11.3 Å². The molecule has 0 fully saturated rings. The molecular formula is C17H18ClN3OS2. The number of rotatable bonds is 7. The monoisotopic (exact) mass is 379 g/mol. The lowest BCUT2D eigenvalue weighted by Gasteiger charge is -2.07. The third-order valence-electron chi connectivity index (χ3n) is 3.49. The first-order valence-corrected chi connectivity index (χ1v) is 9.99. The van der Waals surface area contributed by atoms with E-state index in [0.29, 0.717) is 17.3 Å². The summed E-state index contributed by atoms with van der Waals surface area (Å²) in [4.78, 5) is 17.9. The van der Waals surface area contributed by atoms with Gasteiger partial charge in [0.15, 0.2) is 5.16 Å². The summed E-state index contributed by atoms with van der Waals surface area (Å²) < 4.78 is 2.16. The van der Waals surface area contributed by atoms with Crippen LogP contribution < -0.4 is 5.32 Å². The van der Waals surface area contributed by atoms with Gasteiger partial charge in [-0.1, -0.05) is 36.4 Å². The van der Waals surface area contributed by atoms with Crippen LogP contribution in [0.2, 0.25) is 5.02 Å². The lowest BCUT2D eigenvalue weighted by Crippen LogP contribution is -2.24. The normalized spacial score (nSPS) is 11.1. The van der Waals surface area contributed by atoms with Crippen LogP contribution in [-0.4, -0.2) is 21.2 Å². The largest absolute Gasteiger partial charge is 0.350 e. The smallest absolute Gasteiger partial charge is 0.230 e. The molecule has 0 bridgehead atoms. The van der Waals surface area contributed by atoms with Crippen molar-refractivity contribution in [2.45, 2.75) is 31.6 Å². The molecule has 0 unspecified atom stereocenters. The number of aryl methyl sites for hydroxylation is 1. The molecule has 3 aromatic rings. The highest BCUT2D eigenvalue weighted by molar-refractivity contribution is 7.99. The second-order valence-electron chi connectivity index (χ2n) is 5.32. The highest BCUT2D eigenvalue weighted by Crippen LogP contribution is 2.26. The third-order valence-corrected chi connectivity index (χ3v) is 5.58. The minimum atomic E-state index is 0.0153. The predicted molar refractivity (Wildman–Crippen MR) is 102 cm³/mol. The Bertz CT molecular complexity index is 830. The Morgan fingerprint density at radius 2 is 2.29 bits per heavy atom. The molecule has 7 heteroatoms. The fourth-order valence-corrected chi connectivity index (χ4v) is 4.09. The van der Waals surface area contributed by atoms with Crippen LogP contribution >= 0.6 is 34.7 Å². The fourth-order valence-electron chi connectivity index (χ4n) is 2.41. The zero-order valence-corrected chi connectivity index (χ0v) is 15.7. The summed E-state index contributed by atoms with van der Waals surface area (Å²) in [5.41, 5.74) is 1.93. The van der Waals surface area contributed by atoms with E-state index in [1.165, 1.54) is 11.8 Å². The van der Waals surface area contributed by atoms with Crippen LogP contribution in [0, 0.1) is 0 Å². The maximum Gasteiger partial charge on any atom is 0.230 e. The number of thioether (sulfide) groups is 1. The molecule has 1 amide bonds. The van der Waals surface area contributed by atoms with Crippen LogP contribution in [0.25, 0.3) is 11.0 Å². The zero-order valence-electron chi connectivity index (χ0n) is 13.3. The molecule has 0 atom stereocenters. The van der Waals surface area contributed by atoms with E-state index in [1.807, 2.05) is 35.7 Å². The van der Waals surface area contributed by atoms with Crippen molar-refractivity contribution in [3.05, 3.63) is 45.6 Å². The second-order valence-corrected chi connectivity index (χ2v) is 7.73. The van der Waals surface area contributed by atoms with Gasteiger partial charge in [-0.25, -0.2) is 4.98 Å². The Balaban J connectivity index is 1.67. The summed E-state index contributed by atoms with van der Waals surface area (Å²) in [7, 11) is 0. The van der Waals surface area contributed by atoms with Crippen LogP contribution in [0.4, 0.5) is 0 Å². The number of aromatic nitrogens is 2. The Morgan fingerprint density at radius 1 is 1.42 bits per heavy atom. The van der Waals surface area contributed by atoms with E-state index in [9.17, 15) is 4.79 Å². The third kappa shape index (κ3) is 4.12. The van der Waals surface area contributed by atoms with E-state index in [2.05, 4.69) is 21.8 Å². The second kappa shape index (κ2) is 8.05. The molecule has 0 aliphatic carbocycles. The number of thiophene rings is 1. The van der Waals surface area contributed by atoms with Crippen LogP contribution in [-0.2, 0) is 17.9 Å². The van der Waals surface area contributed by atoms with Gasteiger partial charge < -0.3 is 9.88 Å². The average molecular weight is 380 g/mol. The SMILES string of the molecule is CCCn1c(SCC(=O)NCc2cccs2)nc2cc(Cl)ccc21. The molecular weight excluding hydrogens is 362 g/mol. The number of nitrogens with zero attached hydrogens (tertiary/aromatic N) is 2. The Hall–Kier alpha value is -1.50. The number of hydrogen-bond acceptors (Lipinski definition) is 4. The van der Waals surface area contributed by atoms with E-state index >= 15 is 0 Å². The number of nitrogens with one attached hydrogen (secondary N) is 1. The zero-order chi connectivity index (χ0) is 16.9. The van der Waals surface area contributed by atoms with Crippen molar-refractivity contribution < 1.29 is 4.79 Å². The number of benzene rings is 1. The summed E-state index contributed by atoms with van der Waals surface area (Å²) in [6.45, 7) is 3.58. The van der Waals surface area contributed by atoms with E-state index in [-0.39, 0.29) is 5.91 Å². The summed E-state index contributed by atoms with van der Waals surface area (Å²) >= 11 is 9.16. The van der Waals surface area contributed by atoms with Gasteiger partial charge in [0.05, 0.1) is 23.3 Å². The highest BCUT2D eigenvalue weighted by Gasteiger charge is 2.13. The Labute approximate surface area is 154 Å². The number of imidazole rings is 1. The lowest BCUT2D eigenvalue weighted by atomic mass is 10.3. The molecule has 24 heavy (non-hydrogen) atoms. The molecule has 126 valence electrons. The van der Waals surface area contributed by atoms with Crippen molar-refractivity contribution in [3.63, 3.8) is 0 Å². The molecule has 4 nitrogen and oxygen atoms in total. The van der Waals surface area contributed by atoms with Crippen molar-refractivity contribution in [2.75, 3.05) is 5.75 Å². The first-order chi connectivity index (χ1) is 11.7. The molecule has 0 aliphatic rings. The van der Waals surface area contributed by atoms with Crippen LogP contribution in [0.1, 0.15) is 18.2 Å². The van der Waals surface area contributed by atoms with Gasteiger partial charge in [0.1, 0.15) is 0 Å². The summed E-state index contributed by atoms with van der Waals surface area (Å²) in [5.74, 6) is 0.369. The van der Waals surface area contributed by atoms with Crippen molar-refractivity contribution in [1.82, 2.24) is 14.9 Å². The summed E-state index contributed by atoms with van der Waals surface area (Å²) in [6, 6.07) is 9.73.